The van der Waals surface area contributed by atoms with Crippen molar-refractivity contribution in [2.45, 2.75) is 19.8 Å². The lowest BCUT2D eigenvalue weighted by Gasteiger charge is -2.19. The van der Waals surface area contributed by atoms with Gasteiger partial charge in [-0.3, -0.25) is 0 Å². The Labute approximate surface area is 149 Å². The Bertz CT molecular complexity index is 815. The number of unbranched alkanes of at least 4 members (excludes halogenated alkanes) is 1. The van der Waals surface area contributed by atoms with Crippen molar-refractivity contribution in [3.8, 4) is 11.1 Å². The summed E-state index contributed by atoms with van der Waals surface area (Å²) in [5.74, 6) is 0.889. The van der Waals surface area contributed by atoms with E-state index in [-0.39, 0.29) is 0 Å². The molecule has 0 atom stereocenters. The van der Waals surface area contributed by atoms with E-state index in [0.717, 1.165) is 51.6 Å². The highest BCUT2D eigenvalue weighted by Crippen LogP contribution is 2.38. The van der Waals surface area contributed by atoms with Gasteiger partial charge in [0.05, 0.1) is 5.39 Å². The summed E-state index contributed by atoms with van der Waals surface area (Å²) < 4.78 is 0. The van der Waals surface area contributed by atoms with Crippen LogP contribution in [-0.2, 0) is 0 Å². The lowest BCUT2D eigenvalue weighted by Crippen LogP contribution is -2.20. The number of aromatic nitrogens is 2. The highest BCUT2D eigenvalue weighted by Gasteiger charge is 2.17. The second-order valence-corrected chi connectivity index (χ2v) is 7.06. The number of halogens is 2. The molecule has 6 heteroatoms. The van der Waals surface area contributed by atoms with Crippen LogP contribution in [-0.4, -0.2) is 23.6 Å². The van der Waals surface area contributed by atoms with Gasteiger partial charge in [-0.25, -0.2) is 4.98 Å². The van der Waals surface area contributed by atoms with Crippen molar-refractivity contribution in [2.75, 3.05) is 18.5 Å². The van der Waals surface area contributed by atoms with Crippen molar-refractivity contribution in [1.82, 2.24) is 9.97 Å². The van der Waals surface area contributed by atoms with Gasteiger partial charge in [-0.1, -0.05) is 37.1 Å². The van der Waals surface area contributed by atoms with E-state index in [1.165, 1.54) is 0 Å². The molecule has 120 valence electrons. The number of hydrogen-bond donors (Lipinski definition) is 0. The van der Waals surface area contributed by atoms with Crippen molar-refractivity contribution in [2.24, 2.45) is 0 Å². The molecule has 0 spiro atoms. The van der Waals surface area contributed by atoms with E-state index in [1.807, 2.05) is 24.3 Å². The minimum Gasteiger partial charge on any atom is -0.359 e. The Morgan fingerprint density at radius 1 is 1.13 bits per heavy atom. The Kier molecular flexibility index (Phi) is 5.05. The van der Waals surface area contributed by atoms with E-state index in [4.69, 9.17) is 23.2 Å². The monoisotopic (exact) mass is 365 g/mol. The third-order valence-electron chi connectivity index (χ3n) is 3.75. The lowest BCUT2D eigenvalue weighted by atomic mass is 10.1. The standard InChI is InChI=1S/C17H17Cl2N3S/c1-3-4-9-22(2)15-14-13(11-5-7-12(18)8-6-11)10-23-16(14)21-17(19)20-15/h5-8,10H,3-4,9H2,1-2H3. The fourth-order valence-corrected chi connectivity index (χ4v) is 3.80. The zero-order valence-electron chi connectivity index (χ0n) is 13.0. The smallest absolute Gasteiger partial charge is 0.225 e. The molecule has 1 aromatic carbocycles. The zero-order valence-corrected chi connectivity index (χ0v) is 15.3. The molecule has 2 aromatic heterocycles. The molecule has 0 saturated heterocycles. The van der Waals surface area contributed by atoms with Crippen LogP contribution in [0.5, 0.6) is 0 Å². The van der Waals surface area contributed by atoms with Crippen LogP contribution >= 0.6 is 34.5 Å². The molecular formula is C17H17Cl2N3S. The largest absolute Gasteiger partial charge is 0.359 e. The number of rotatable bonds is 5. The summed E-state index contributed by atoms with van der Waals surface area (Å²) in [6.07, 6.45) is 2.25. The van der Waals surface area contributed by atoms with Crippen molar-refractivity contribution in [3.05, 3.63) is 40.0 Å². The third kappa shape index (κ3) is 3.44. The third-order valence-corrected chi connectivity index (χ3v) is 5.04. The zero-order chi connectivity index (χ0) is 16.4. The van der Waals surface area contributed by atoms with Gasteiger partial charge in [0.2, 0.25) is 5.28 Å². The Balaban J connectivity index is 2.15. The maximum atomic E-state index is 6.12. The average Bonchev–Trinajstić information content (AvgIpc) is 2.96. The molecule has 0 saturated carbocycles. The molecule has 0 unspecified atom stereocenters. The number of nitrogens with zero attached hydrogens (tertiary/aromatic N) is 3. The predicted octanol–water partition coefficient (Wildman–Crippen LogP) is 5.90. The van der Waals surface area contributed by atoms with Crippen LogP contribution < -0.4 is 4.90 Å². The van der Waals surface area contributed by atoms with E-state index in [1.54, 1.807) is 11.3 Å². The lowest BCUT2D eigenvalue weighted by molar-refractivity contribution is 0.761. The quantitative estimate of drug-likeness (QED) is 0.526. The first-order valence-corrected chi connectivity index (χ1v) is 9.15. The maximum Gasteiger partial charge on any atom is 0.225 e. The molecule has 0 aliphatic heterocycles. The summed E-state index contributed by atoms with van der Waals surface area (Å²) in [5.41, 5.74) is 2.23. The van der Waals surface area contributed by atoms with Crippen LogP contribution in [0.4, 0.5) is 5.82 Å². The molecule has 2 heterocycles. The summed E-state index contributed by atoms with van der Waals surface area (Å²) in [6, 6.07) is 7.85. The van der Waals surface area contributed by atoms with E-state index in [2.05, 4.69) is 34.2 Å². The second kappa shape index (κ2) is 7.04. The van der Waals surface area contributed by atoms with Crippen LogP contribution in [0.25, 0.3) is 21.3 Å². The molecule has 0 aliphatic rings. The van der Waals surface area contributed by atoms with Gasteiger partial charge >= 0.3 is 0 Å². The van der Waals surface area contributed by atoms with Crippen LogP contribution in [0.3, 0.4) is 0 Å². The minimum atomic E-state index is 0.292. The highest BCUT2D eigenvalue weighted by atomic mass is 35.5. The van der Waals surface area contributed by atoms with Crippen LogP contribution in [0.2, 0.25) is 10.3 Å². The van der Waals surface area contributed by atoms with E-state index in [0.29, 0.717) is 5.28 Å². The minimum absolute atomic E-state index is 0.292. The number of benzene rings is 1. The summed E-state index contributed by atoms with van der Waals surface area (Å²) in [6.45, 7) is 3.12. The van der Waals surface area contributed by atoms with E-state index >= 15 is 0 Å². The van der Waals surface area contributed by atoms with Gasteiger partial charge in [-0.05, 0) is 35.7 Å². The Morgan fingerprint density at radius 3 is 2.57 bits per heavy atom. The maximum absolute atomic E-state index is 6.12. The number of thiophene rings is 1. The van der Waals surface area contributed by atoms with Gasteiger partial charge in [0.1, 0.15) is 10.6 Å². The normalized spacial score (nSPS) is 11.1. The van der Waals surface area contributed by atoms with Gasteiger partial charge < -0.3 is 4.90 Å². The van der Waals surface area contributed by atoms with Gasteiger partial charge in [0, 0.05) is 29.6 Å². The molecule has 0 bridgehead atoms. The highest BCUT2D eigenvalue weighted by molar-refractivity contribution is 7.17. The van der Waals surface area contributed by atoms with Crippen molar-refractivity contribution >= 4 is 50.6 Å². The van der Waals surface area contributed by atoms with Crippen LogP contribution in [0, 0.1) is 0 Å². The van der Waals surface area contributed by atoms with Crippen molar-refractivity contribution in [3.63, 3.8) is 0 Å². The molecule has 0 N–H and O–H groups in total. The second-order valence-electron chi connectivity index (χ2n) is 5.43. The Morgan fingerprint density at radius 2 is 1.87 bits per heavy atom. The predicted molar refractivity (Wildman–Crippen MR) is 101 cm³/mol. The molecule has 0 amide bonds. The molecule has 23 heavy (non-hydrogen) atoms. The van der Waals surface area contributed by atoms with E-state index in [9.17, 15) is 0 Å². The summed E-state index contributed by atoms with van der Waals surface area (Å²) >= 11 is 13.7. The fourth-order valence-electron chi connectivity index (χ4n) is 2.52. The topological polar surface area (TPSA) is 29.0 Å². The molecule has 3 rings (SSSR count). The fraction of sp³-hybridized carbons (Fsp3) is 0.294. The first-order chi connectivity index (χ1) is 11.1. The molecule has 0 aliphatic carbocycles. The summed E-state index contributed by atoms with van der Waals surface area (Å²) in [5, 5.41) is 4.18. The molecular weight excluding hydrogens is 349 g/mol. The van der Waals surface area contributed by atoms with Crippen LogP contribution in [0.15, 0.2) is 29.6 Å². The van der Waals surface area contributed by atoms with Crippen molar-refractivity contribution < 1.29 is 0 Å². The molecule has 3 aromatic rings. The van der Waals surface area contributed by atoms with Gasteiger partial charge in [-0.2, -0.15) is 4.98 Å². The van der Waals surface area contributed by atoms with Crippen LogP contribution in [0.1, 0.15) is 19.8 Å². The first-order valence-electron chi connectivity index (χ1n) is 7.52. The van der Waals surface area contributed by atoms with Crippen molar-refractivity contribution in [1.29, 1.82) is 0 Å². The number of anilines is 1. The summed E-state index contributed by atoms with van der Waals surface area (Å²) in [4.78, 5) is 11.9. The van der Waals surface area contributed by atoms with E-state index < -0.39 is 0 Å². The average molecular weight is 366 g/mol. The molecule has 0 fully saturated rings. The Hall–Kier alpha value is -1.36. The van der Waals surface area contributed by atoms with Gasteiger partial charge in [0.25, 0.3) is 0 Å². The molecule has 3 nitrogen and oxygen atoms in total. The SMILES string of the molecule is CCCCN(C)c1nc(Cl)nc2scc(-c3ccc(Cl)cc3)c12. The number of hydrogen-bond acceptors (Lipinski definition) is 4. The molecule has 0 radical (unpaired) electrons. The van der Waals surface area contributed by atoms with Gasteiger partial charge in [0.15, 0.2) is 0 Å². The number of fused-ring (bicyclic) bond motifs is 1. The first kappa shape index (κ1) is 16.5. The van der Waals surface area contributed by atoms with Gasteiger partial charge in [-0.15, -0.1) is 11.3 Å². The summed E-state index contributed by atoms with van der Waals surface area (Å²) in [7, 11) is 2.05.